The van der Waals surface area contributed by atoms with E-state index in [0.29, 0.717) is 19.1 Å². The first-order chi connectivity index (χ1) is 9.10. The van der Waals surface area contributed by atoms with Gasteiger partial charge in [0, 0.05) is 18.8 Å². The molecule has 0 aliphatic rings. The Kier molecular flexibility index (Phi) is 11.6. The quantitative estimate of drug-likeness (QED) is 0.506. The number of rotatable bonds is 13. The molecule has 0 rings (SSSR count). The van der Waals surface area contributed by atoms with Crippen LogP contribution in [0.3, 0.4) is 0 Å². The minimum Gasteiger partial charge on any atom is -0.394 e. The Labute approximate surface area is 118 Å². The average Bonchev–Trinajstić information content (AvgIpc) is 2.40. The summed E-state index contributed by atoms with van der Waals surface area (Å²) >= 11 is 0. The Morgan fingerprint density at radius 3 is 2.32 bits per heavy atom. The van der Waals surface area contributed by atoms with Crippen molar-refractivity contribution in [1.82, 2.24) is 5.32 Å². The summed E-state index contributed by atoms with van der Waals surface area (Å²) in [4.78, 5) is 0. The van der Waals surface area contributed by atoms with Gasteiger partial charge >= 0.3 is 0 Å². The zero-order valence-corrected chi connectivity index (χ0v) is 13.2. The highest BCUT2D eigenvalue weighted by Gasteiger charge is 2.25. The molecule has 0 saturated heterocycles. The second-order valence-electron chi connectivity index (χ2n) is 5.51. The van der Waals surface area contributed by atoms with Crippen molar-refractivity contribution in [2.45, 2.75) is 52.5 Å². The van der Waals surface area contributed by atoms with Crippen LogP contribution in [0, 0.1) is 5.92 Å². The van der Waals surface area contributed by atoms with Gasteiger partial charge in [-0.15, -0.1) is 0 Å². The van der Waals surface area contributed by atoms with E-state index < -0.39 is 0 Å². The van der Waals surface area contributed by atoms with Crippen LogP contribution in [0.4, 0.5) is 0 Å². The van der Waals surface area contributed by atoms with Gasteiger partial charge in [-0.05, 0) is 31.7 Å². The molecule has 4 nitrogen and oxygen atoms in total. The standard InChI is InChI=1S/C15H33NO3/c1-5-15(13-17,16-6-2)8-7-9-18-10-11-19-12-14(3)4/h14,16-17H,5-13H2,1-4H3. The van der Waals surface area contributed by atoms with Crippen molar-refractivity contribution in [1.29, 1.82) is 0 Å². The molecule has 1 atom stereocenters. The van der Waals surface area contributed by atoms with Crippen LogP contribution in [0.1, 0.15) is 47.0 Å². The smallest absolute Gasteiger partial charge is 0.0700 e. The zero-order chi connectivity index (χ0) is 14.6. The summed E-state index contributed by atoms with van der Waals surface area (Å²) in [5.74, 6) is 0.579. The molecular formula is C15H33NO3. The third kappa shape index (κ3) is 9.38. The molecule has 0 fully saturated rings. The first-order valence-corrected chi connectivity index (χ1v) is 7.61. The van der Waals surface area contributed by atoms with E-state index in [0.717, 1.165) is 39.0 Å². The van der Waals surface area contributed by atoms with E-state index in [9.17, 15) is 5.11 Å². The molecule has 0 saturated carbocycles. The molecule has 2 N–H and O–H groups in total. The lowest BCUT2D eigenvalue weighted by Gasteiger charge is -2.31. The Bertz CT molecular complexity index is 194. The van der Waals surface area contributed by atoms with E-state index in [1.54, 1.807) is 0 Å². The molecule has 4 heteroatoms. The topological polar surface area (TPSA) is 50.7 Å². The predicted octanol–water partition coefficient (Wildman–Crippen LogP) is 2.21. The fraction of sp³-hybridized carbons (Fsp3) is 1.00. The maximum absolute atomic E-state index is 9.51. The van der Waals surface area contributed by atoms with Crippen molar-refractivity contribution in [3.8, 4) is 0 Å². The van der Waals surface area contributed by atoms with Crippen molar-refractivity contribution in [2.75, 3.05) is 39.6 Å². The fourth-order valence-electron chi connectivity index (χ4n) is 2.06. The molecule has 0 aromatic heterocycles. The number of aliphatic hydroxyl groups excluding tert-OH is 1. The lowest BCUT2D eigenvalue weighted by Crippen LogP contribution is -2.48. The highest BCUT2D eigenvalue weighted by atomic mass is 16.5. The van der Waals surface area contributed by atoms with E-state index >= 15 is 0 Å². The Hall–Kier alpha value is -0.160. The van der Waals surface area contributed by atoms with Crippen LogP contribution in [-0.2, 0) is 9.47 Å². The molecule has 0 heterocycles. The minimum absolute atomic E-state index is 0.133. The van der Waals surface area contributed by atoms with Gasteiger partial charge in [0.05, 0.1) is 19.8 Å². The van der Waals surface area contributed by atoms with E-state index in [-0.39, 0.29) is 12.1 Å². The summed E-state index contributed by atoms with van der Waals surface area (Å²) in [6.45, 7) is 12.4. The van der Waals surface area contributed by atoms with Gasteiger partial charge in [-0.3, -0.25) is 0 Å². The van der Waals surface area contributed by atoms with Gasteiger partial charge in [0.1, 0.15) is 0 Å². The first-order valence-electron chi connectivity index (χ1n) is 7.61. The second-order valence-corrected chi connectivity index (χ2v) is 5.51. The van der Waals surface area contributed by atoms with E-state index in [2.05, 4.69) is 33.0 Å². The van der Waals surface area contributed by atoms with Gasteiger partial charge in [-0.1, -0.05) is 27.7 Å². The van der Waals surface area contributed by atoms with Crippen molar-refractivity contribution in [2.24, 2.45) is 5.92 Å². The van der Waals surface area contributed by atoms with Gasteiger partial charge in [-0.2, -0.15) is 0 Å². The summed E-state index contributed by atoms with van der Waals surface area (Å²) < 4.78 is 11.0. The Morgan fingerprint density at radius 1 is 1.11 bits per heavy atom. The highest BCUT2D eigenvalue weighted by Crippen LogP contribution is 2.16. The van der Waals surface area contributed by atoms with Gasteiger partial charge in [0.2, 0.25) is 0 Å². The first kappa shape index (κ1) is 18.8. The number of ether oxygens (including phenoxy) is 2. The molecule has 0 aliphatic carbocycles. The van der Waals surface area contributed by atoms with Crippen molar-refractivity contribution >= 4 is 0 Å². The molecule has 0 aliphatic heterocycles. The number of aliphatic hydroxyl groups is 1. The van der Waals surface area contributed by atoms with Gasteiger partial charge in [0.25, 0.3) is 0 Å². The monoisotopic (exact) mass is 275 g/mol. The Morgan fingerprint density at radius 2 is 1.79 bits per heavy atom. The molecule has 0 radical (unpaired) electrons. The maximum atomic E-state index is 9.51. The normalized spacial score (nSPS) is 14.8. The van der Waals surface area contributed by atoms with Crippen LogP contribution < -0.4 is 5.32 Å². The van der Waals surface area contributed by atoms with Crippen molar-refractivity contribution in [3.63, 3.8) is 0 Å². The number of likely N-dealkylation sites (N-methyl/N-ethyl adjacent to an activating group) is 1. The van der Waals surface area contributed by atoms with Crippen LogP contribution in [0.2, 0.25) is 0 Å². The van der Waals surface area contributed by atoms with Crippen LogP contribution in [0.15, 0.2) is 0 Å². The second kappa shape index (κ2) is 11.6. The van der Waals surface area contributed by atoms with E-state index in [1.807, 2.05) is 0 Å². The molecule has 116 valence electrons. The third-order valence-electron chi connectivity index (χ3n) is 3.30. The lowest BCUT2D eigenvalue weighted by atomic mass is 9.91. The lowest BCUT2D eigenvalue weighted by molar-refractivity contribution is 0.0331. The average molecular weight is 275 g/mol. The molecule has 19 heavy (non-hydrogen) atoms. The number of nitrogens with one attached hydrogen (secondary N) is 1. The van der Waals surface area contributed by atoms with Gasteiger partial charge < -0.3 is 19.9 Å². The summed E-state index contributed by atoms with van der Waals surface area (Å²) in [6, 6.07) is 0. The van der Waals surface area contributed by atoms with Crippen LogP contribution in [0.5, 0.6) is 0 Å². The fourth-order valence-corrected chi connectivity index (χ4v) is 2.06. The molecular weight excluding hydrogens is 242 g/mol. The molecule has 0 bridgehead atoms. The zero-order valence-electron chi connectivity index (χ0n) is 13.2. The molecule has 0 amide bonds. The summed E-state index contributed by atoms with van der Waals surface area (Å²) in [5, 5.41) is 12.9. The maximum Gasteiger partial charge on any atom is 0.0700 e. The van der Waals surface area contributed by atoms with E-state index in [4.69, 9.17) is 9.47 Å². The molecule has 0 aromatic rings. The third-order valence-corrected chi connectivity index (χ3v) is 3.30. The summed E-state index contributed by atoms with van der Waals surface area (Å²) in [6.07, 6.45) is 2.85. The van der Waals surface area contributed by atoms with Crippen molar-refractivity contribution in [3.05, 3.63) is 0 Å². The SMILES string of the molecule is CCNC(CC)(CO)CCCOCCOCC(C)C. The molecule has 1 unspecified atom stereocenters. The highest BCUT2D eigenvalue weighted by molar-refractivity contribution is 4.85. The minimum atomic E-state index is -0.133. The van der Waals surface area contributed by atoms with Crippen LogP contribution >= 0.6 is 0 Å². The van der Waals surface area contributed by atoms with Gasteiger partial charge in [0.15, 0.2) is 0 Å². The number of hydrogen-bond acceptors (Lipinski definition) is 4. The largest absolute Gasteiger partial charge is 0.394 e. The Balaban J connectivity index is 3.55. The predicted molar refractivity (Wildman–Crippen MR) is 79.5 cm³/mol. The van der Waals surface area contributed by atoms with Crippen LogP contribution in [-0.4, -0.2) is 50.2 Å². The van der Waals surface area contributed by atoms with Crippen molar-refractivity contribution < 1.29 is 14.6 Å². The molecule has 0 aromatic carbocycles. The summed E-state index contributed by atoms with van der Waals surface area (Å²) in [7, 11) is 0. The van der Waals surface area contributed by atoms with E-state index in [1.165, 1.54) is 0 Å². The summed E-state index contributed by atoms with van der Waals surface area (Å²) in [5.41, 5.74) is -0.133. The van der Waals surface area contributed by atoms with Gasteiger partial charge in [-0.25, -0.2) is 0 Å². The van der Waals surface area contributed by atoms with Crippen LogP contribution in [0.25, 0.3) is 0 Å². The molecule has 0 spiro atoms. The number of hydrogen-bond donors (Lipinski definition) is 2.